The van der Waals surface area contributed by atoms with Gasteiger partial charge in [-0.25, -0.2) is 14.1 Å². The highest BCUT2D eigenvalue weighted by atomic mass is 19.1. The van der Waals surface area contributed by atoms with Crippen LogP contribution < -0.4 is 5.32 Å². The summed E-state index contributed by atoms with van der Waals surface area (Å²) < 4.78 is 20.1. The van der Waals surface area contributed by atoms with Gasteiger partial charge in [-0.2, -0.15) is 5.10 Å². The van der Waals surface area contributed by atoms with Crippen LogP contribution in [0.2, 0.25) is 0 Å². The van der Waals surface area contributed by atoms with E-state index >= 15 is 0 Å². The van der Waals surface area contributed by atoms with Crippen LogP contribution in [0.3, 0.4) is 0 Å². The topological polar surface area (TPSA) is 52.0 Å². The third-order valence-electron chi connectivity index (χ3n) is 4.30. The zero-order valence-electron chi connectivity index (χ0n) is 13.6. The number of hydrogen-bond acceptors (Lipinski definition) is 4. The SMILES string of the molecule is COCc1nc2n(n1)CCC[C@H]2NC[C@H](C)c1ccc(F)cc1. The highest BCUT2D eigenvalue weighted by molar-refractivity contribution is 5.20. The molecule has 0 aliphatic carbocycles. The molecule has 1 aromatic carbocycles. The summed E-state index contributed by atoms with van der Waals surface area (Å²) in [5.41, 5.74) is 1.14. The van der Waals surface area contributed by atoms with Gasteiger partial charge in [-0.05, 0) is 36.5 Å². The molecule has 3 rings (SSSR count). The van der Waals surface area contributed by atoms with E-state index in [1.54, 1.807) is 7.11 Å². The Kier molecular flexibility index (Phi) is 5.03. The summed E-state index contributed by atoms with van der Waals surface area (Å²) in [7, 11) is 1.65. The normalized spacial score (nSPS) is 18.7. The predicted octanol–water partition coefficient (Wildman–Crippen LogP) is 2.79. The van der Waals surface area contributed by atoms with Gasteiger partial charge < -0.3 is 10.1 Å². The summed E-state index contributed by atoms with van der Waals surface area (Å²) in [5.74, 6) is 1.85. The zero-order chi connectivity index (χ0) is 16.2. The van der Waals surface area contributed by atoms with Crippen molar-refractivity contribution in [3.8, 4) is 0 Å². The minimum atomic E-state index is -0.194. The second kappa shape index (κ2) is 7.19. The van der Waals surface area contributed by atoms with Crippen molar-refractivity contribution in [1.29, 1.82) is 0 Å². The summed E-state index contributed by atoms with van der Waals surface area (Å²) in [4.78, 5) is 4.60. The van der Waals surface area contributed by atoms with Gasteiger partial charge in [0.05, 0.1) is 6.04 Å². The summed E-state index contributed by atoms with van der Waals surface area (Å²) in [5, 5.41) is 8.07. The van der Waals surface area contributed by atoms with Crippen molar-refractivity contribution in [2.45, 2.75) is 44.9 Å². The fourth-order valence-corrected chi connectivity index (χ4v) is 3.01. The van der Waals surface area contributed by atoms with Gasteiger partial charge in [-0.1, -0.05) is 19.1 Å². The van der Waals surface area contributed by atoms with E-state index in [1.807, 2.05) is 16.8 Å². The average molecular weight is 318 g/mol. The number of hydrogen-bond donors (Lipinski definition) is 1. The molecule has 0 fully saturated rings. The summed E-state index contributed by atoms with van der Waals surface area (Å²) in [6.45, 7) is 4.32. The molecule has 0 spiro atoms. The third kappa shape index (κ3) is 3.76. The molecule has 0 bridgehead atoms. The maximum atomic E-state index is 13.0. The second-order valence-corrected chi connectivity index (χ2v) is 6.10. The first-order valence-electron chi connectivity index (χ1n) is 8.08. The number of halogens is 1. The number of aromatic nitrogens is 3. The Labute approximate surface area is 135 Å². The van der Waals surface area contributed by atoms with Gasteiger partial charge in [0.15, 0.2) is 5.82 Å². The van der Waals surface area contributed by atoms with Crippen molar-refractivity contribution in [2.75, 3.05) is 13.7 Å². The molecular formula is C17H23FN4O. The molecule has 0 saturated heterocycles. The lowest BCUT2D eigenvalue weighted by Crippen LogP contribution is -2.31. The smallest absolute Gasteiger partial charge is 0.176 e. The van der Waals surface area contributed by atoms with Gasteiger partial charge in [0.2, 0.25) is 0 Å². The first-order chi connectivity index (χ1) is 11.2. The van der Waals surface area contributed by atoms with Crippen LogP contribution in [0.1, 0.15) is 48.9 Å². The fraction of sp³-hybridized carbons (Fsp3) is 0.529. The molecule has 124 valence electrons. The van der Waals surface area contributed by atoms with Crippen molar-refractivity contribution in [3.05, 3.63) is 47.3 Å². The largest absolute Gasteiger partial charge is 0.377 e. The van der Waals surface area contributed by atoms with Gasteiger partial charge in [0, 0.05) is 20.2 Å². The van der Waals surface area contributed by atoms with E-state index in [2.05, 4.69) is 22.3 Å². The lowest BCUT2D eigenvalue weighted by Gasteiger charge is -2.24. The van der Waals surface area contributed by atoms with Crippen LogP contribution in [0.4, 0.5) is 4.39 Å². The second-order valence-electron chi connectivity index (χ2n) is 6.10. The third-order valence-corrected chi connectivity index (χ3v) is 4.30. The molecule has 1 aliphatic rings. The van der Waals surface area contributed by atoms with Crippen LogP contribution in [-0.2, 0) is 17.9 Å². The predicted molar refractivity (Wildman–Crippen MR) is 85.5 cm³/mol. The molecule has 23 heavy (non-hydrogen) atoms. The summed E-state index contributed by atoms with van der Waals surface area (Å²) >= 11 is 0. The highest BCUT2D eigenvalue weighted by Crippen LogP contribution is 2.24. The van der Waals surface area contributed by atoms with E-state index in [0.29, 0.717) is 12.5 Å². The monoisotopic (exact) mass is 318 g/mol. The van der Waals surface area contributed by atoms with Gasteiger partial charge in [-0.15, -0.1) is 0 Å². The first-order valence-corrected chi connectivity index (χ1v) is 8.08. The summed E-state index contributed by atoms with van der Waals surface area (Å²) in [6.07, 6.45) is 2.15. The average Bonchev–Trinajstić information content (AvgIpc) is 2.96. The van der Waals surface area contributed by atoms with Gasteiger partial charge in [0.25, 0.3) is 0 Å². The van der Waals surface area contributed by atoms with E-state index in [-0.39, 0.29) is 11.9 Å². The molecule has 0 amide bonds. The van der Waals surface area contributed by atoms with Gasteiger partial charge in [-0.3, -0.25) is 0 Å². The molecule has 1 N–H and O–H groups in total. The number of nitrogens with one attached hydrogen (secondary N) is 1. The molecule has 0 unspecified atom stereocenters. The molecular weight excluding hydrogens is 295 g/mol. The molecule has 2 aromatic rings. The van der Waals surface area contributed by atoms with E-state index < -0.39 is 0 Å². The lowest BCUT2D eigenvalue weighted by molar-refractivity contribution is 0.177. The molecule has 1 aliphatic heterocycles. The quantitative estimate of drug-likeness (QED) is 0.890. The van der Waals surface area contributed by atoms with Crippen molar-refractivity contribution in [2.24, 2.45) is 0 Å². The number of rotatable bonds is 6. The van der Waals surface area contributed by atoms with Crippen LogP contribution in [0, 0.1) is 5.82 Å². The highest BCUT2D eigenvalue weighted by Gasteiger charge is 2.24. The fourth-order valence-electron chi connectivity index (χ4n) is 3.01. The van der Waals surface area contributed by atoms with Crippen LogP contribution in [-0.4, -0.2) is 28.4 Å². The molecule has 0 radical (unpaired) electrons. The van der Waals surface area contributed by atoms with Crippen LogP contribution in [0.5, 0.6) is 0 Å². The first kappa shape index (κ1) is 16.1. The Bertz CT molecular complexity index is 641. The van der Waals surface area contributed by atoms with E-state index in [0.717, 1.165) is 43.1 Å². The number of ether oxygens (including phenoxy) is 1. The van der Waals surface area contributed by atoms with E-state index in [9.17, 15) is 4.39 Å². The minimum absolute atomic E-state index is 0.194. The number of nitrogens with zero attached hydrogens (tertiary/aromatic N) is 3. The lowest BCUT2D eigenvalue weighted by atomic mass is 10.00. The summed E-state index contributed by atoms with van der Waals surface area (Å²) in [6, 6.07) is 6.94. The Balaban J connectivity index is 1.64. The number of benzene rings is 1. The van der Waals surface area contributed by atoms with Crippen LogP contribution in [0.15, 0.2) is 24.3 Å². The molecule has 2 heterocycles. The van der Waals surface area contributed by atoms with Gasteiger partial charge >= 0.3 is 0 Å². The van der Waals surface area contributed by atoms with Crippen LogP contribution in [0.25, 0.3) is 0 Å². The number of aryl methyl sites for hydroxylation is 1. The van der Waals surface area contributed by atoms with E-state index in [4.69, 9.17) is 4.74 Å². The zero-order valence-corrected chi connectivity index (χ0v) is 13.6. The molecule has 5 nitrogen and oxygen atoms in total. The Hall–Kier alpha value is -1.79. The minimum Gasteiger partial charge on any atom is -0.377 e. The number of fused-ring (bicyclic) bond motifs is 1. The molecule has 6 heteroatoms. The molecule has 2 atom stereocenters. The van der Waals surface area contributed by atoms with Crippen molar-refractivity contribution in [1.82, 2.24) is 20.1 Å². The van der Waals surface area contributed by atoms with E-state index in [1.165, 1.54) is 12.1 Å². The maximum absolute atomic E-state index is 13.0. The number of methoxy groups -OCH3 is 1. The van der Waals surface area contributed by atoms with Crippen molar-refractivity contribution >= 4 is 0 Å². The molecule has 0 saturated carbocycles. The Morgan fingerprint density at radius 2 is 2.17 bits per heavy atom. The maximum Gasteiger partial charge on any atom is 0.176 e. The van der Waals surface area contributed by atoms with Crippen molar-refractivity contribution in [3.63, 3.8) is 0 Å². The Morgan fingerprint density at radius 1 is 1.39 bits per heavy atom. The van der Waals surface area contributed by atoms with Gasteiger partial charge in [0.1, 0.15) is 18.2 Å². The molecule has 1 aromatic heterocycles. The standard InChI is InChI=1S/C17H23FN4O/c1-12(13-5-7-14(18)8-6-13)10-19-15-4-3-9-22-17(15)20-16(21-22)11-23-2/h5-8,12,15,19H,3-4,9-11H2,1-2H3/t12-,15+/m0/s1. The Morgan fingerprint density at radius 3 is 2.91 bits per heavy atom. The van der Waals surface area contributed by atoms with Crippen LogP contribution >= 0.6 is 0 Å². The van der Waals surface area contributed by atoms with Crippen molar-refractivity contribution < 1.29 is 9.13 Å².